The second-order valence-electron chi connectivity index (χ2n) is 3.34. The molecule has 6 nitrogen and oxygen atoms in total. The minimum Gasteiger partial charge on any atom is -0.768 e. The molecule has 1 amide bonds. The standard InChI is InChI=1S/C12H10O3S.CH3NO2/c13-16(14)12-9-5-4-8-11(12)15-10-6-2-1-3-7-10;3-1-2-4/h1-9H,(H,13,14);1,4H,(H,2,3)/p-1. The van der Waals surface area contributed by atoms with E-state index in [0.717, 1.165) is 0 Å². The number of hydrogen-bond donors (Lipinski definition) is 2. The van der Waals surface area contributed by atoms with Crippen molar-refractivity contribution < 1.29 is 23.5 Å². The van der Waals surface area contributed by atoms with Gasteiger partial charge < -0.3 is 9.29 Å². The second kappa shape index (κ2) is 8.81. The largest absolute Gasteiger partial charge is 0.768 e. The molecule has 2 rings (SSSR count). The quantitative estimate of drug-likeness (QED) is 0.388. The van der Waals surface area contributed by atoms with Crippen LogP contribution >= 0.6 is 0 Å². The SMILES string of the molecule is O=CNO.O=S([O-])c1ccccc1Oc1ccccc1. The molecule has 0 aliphatic rings. The predicted molar refractivity (Wildman–Crippen MR) is 71.1 cm³/mol. The Hall–Kier alpha value is -2.22. The number of benzene rings is 2. The molecule has 1 atom stereocenters. The van der Waals surface area contributed by atoms with E-state index in [1.165, 1.54) is 11.5 Å². The van der Waals surface area contributed by atoms with Crippen LogP contribution in [0.25, 0.3) is 0 Å². The molecule has 2 N–H and O–H groups in total. The number of hydroxylamine groups is 1. The molecule has 0 aromatic heterocycles. The molecule has 2 aromatic rings. The molecule has 0 saturated heterocycles. The predicted octanol–water partition coefficient (Wildman–Crippen LogP) is 1.84. The summed E-state index contributed by atoms with van der Waals surface area (Å²) in [4.78, 5) is 8.97. The molecule has 0 aliphatic carbocycles. The number of amides is 1. The van der Waals surface area contributed by atoms with Gasteiger partial charge in [0.05, 0.1) is 4.90 Å². The van der Waals surface area contributed by atoms with Crippen LogP contribution in [0.15, 0.2) is 59.5 Å². The first-order valence-electron chi connectivity index (χ1n) is 5.43. The summed E-state index contributed by atoms with van der Waals surface area (Å²) >= 11 is -2.29. The van der Waals surface area contributed by atoms with Crippen LogP contribution < -0.4 is 10.2 Å². The van der Waals surface area contributed by atoms with Crippen LogP contribution in [-0.2, 0) is 15.9 Å². The Balaban J connectivity index is 0.000000444. The van der Waals surface area contributed by atoms with Gasteiger partial charge in [0.25, 0.3) is 0 Å². The Morgan fingerprint density at radius 2 is 1.65 bits per heavy atom. The molecule has 0 fully saturated rings. The van der Waals surface area contributed by atoms with Gasteiger partial charge in [-0.2, -0.15) is 0 Å². The fourth-order valence-electron chi connectivity index (χ4n) is 1.29. The number of rotatable bonds is 4. The van der Waals surface area contributed by atoms with E-state index in [1.807, 2.05) is 18.2 Å². The monoisotopic (exact) mass is 294 g/mol. The Bertz CT molecular complexity index is 562. The van der Waals surface area contributed by atoms with E-state index in [2.05, 4.69) is 0 Å². The zero-order valence-corrected chi connectivity index (χ0v) is 11.1. The lowest BCUT2D eigenvalue weighted by Crippen LogP contribution is -1.99. The average Bonchev–Trinajstić information content (AvgIpc) is 2.49. The van der Waals surface area contributed by atoms with Crippen molar-refractivity contribution in [1.82, 2.24) is 5.48 Å². The number of nitrogens with one attached hydrogen (secondary N) is 1. The number of ether oxygens (including phenoxy) is 1. The van der Waals surface area contributed by atoms with Crippen molar-refractivity contribution in [3.8, 4) is 11.5 Å². The van der Waals surface area contributed by atoms with E-state index in [0.29, 0.717) is 11.5 Å². The van der Waals surface area contributed by atoms with Gasteiger partial charge >= 0.3 is 0 Å². The summed E-state index contributed by atoms with van der Waals surface area (Å²) in [7, 11) is 0. The van der Waals surface area contributed by atoms with Crippen LogP contribution in [0.4, 0.5) is 0 Å². The van der Waals surface area contributed by atoms with Crippen LogP contribution in [0.3, 0.4) is 0 Å². The third-order valence-electron chi connectivity index (χ3n) is 2.05. The maximum atomic E-state index is 10.9. The van der Waals surface area contributed by atoms with Gasteiger partial charge in [0.2, 0.25) is 6.41 Å². The van der Waals surface area contributed by atoms with Crippen molar-refractivity contribution >= 4 is 17.5 Å². The smallest absolute Gasteiger partial charge is 0.230 e. The van der Waals surface area contributed by atoms with Crippen molar-refractivity contribution in [2.45, 2.75) is 4.90 Å². The van der Waals surface area contributed by atoms with Gasteiger partial charge in [0.15, 0.2) is 0 Å². The first-order chi connectivity index (χ1) is 9.69. The van der Waals surface area contributed by atoms with Crippen molar-refractivity contribution in [2.24, 2.45) is 0 Å². The topological polar surface area (TPSA) is 98.7 Å². The Labute approximate surface area is 118 Å². The molecular weight excluding hydrogens is 282 g/mol. The van der Waals surface area contributed by atoms with E-state index in [1.54, 1.807) is 30.3 Å². The fraction of sp³-hybridized carbons (Fsp3) is 0. The Morgan fingerprint density at radius 3 is 2.20 bits per heavy atom. The minimum absolute atomic E-state index is 0.159. The maximum absolute atomic E-state index is 10.9. The summed E-state index contributed by atoms with van der Waals surface area (Å²) in [6.07, 6.45) is 0.181. The lowest BCUT2D eigenvalue weighted by atomic mass is 10.3. The summed E-state index contributed by atoms with van der Waals surface area (Å²) < 4.78 is 27.3. The van der Waals surface area contributed by atoms with Gasteiger partial charge in [0.1, 0.15) is 11.5 Å². The van der Waals surface area contributed by atoms with Gasteiger partial charge in [-0.1, -0.05) is 30.3 Å². The molecule has 20 heavy (non-hydrogen) atoms. The first kappa shape index (κ1) is 15.8. The van der Waals surface area contributed by atoms with Crippen LogP contribution in [0, 0.1) is 0 Å². The molecule has 0 heterocycles. The Morgan fingerprint density at radius 1 is 1.10 bits per heavy atom. The van der Waals surface area contributed by atoms with E-state index in [9.17, 15) is 8.76 Å². The third kappa shape index (κ3) is 5.19. The van der Waals surface area contributed by atoms with E-state index in [-0.39, 0.29) is 11.3 Å². The number of carbonyl (C=O) groups excluding carboxylic acids is 1. The molecule has 0 radical (unpaired) electrons. The fourth-order valence-corrected chi connectivity index (χ4v) is 1.75. The summed E-state index contributed by atoms with van der Waals surface area (Å²) in [6, 6.07) is 15.6. The molecule has 2 aromatic carbocycles. The highest BCUT2D eigenvalue weighted by Gasteiger charge is 2.03. The van der Waals surface area contributed by atoms with E-state index >= 15 is 0 Å². The summed E-state index contributed by atoms with van der Waals surface area (Å²) in [5.41, 5.74) is 1.25. The molecule has 0 saturated carbocycles. The summed E-state index contributed by atoms with van der Waals surface area (Å²) in [5, 5.41) is 7.26. The van der Waals surface area contributed by atoms with Gasteiger partial charge in [-0.3, -0.25) is 14.2 Å². The lowest BCUT2D eigenvalue weighted by molar-refractivity contribution is -0.116. The number of para-hydroxylation sites is 2. The molecular formula is C13H12NO5S-. The first-order valence-corrected chi connectivity index (χ1v) is 6.51. The van der Waals surface area contributed by atoms with Gasteiger partial charge in [-0.05, 0) is 35.3 Å². The normalized spacial score (nSPS) is 10.7. The second-order valence-corrected chi connectivity index (χ2v) is 4.25. The van der Waals surface area contributed by atoms with Crippen molar-refractivity contribution in [1.29, 1.82) is 0 Å². The molecule has 7 heteroatoms. The van der Waals surface area contributed by atoms with Gasteiger partial charge in [-0.15, -0.1) is 0 Å². The summed E-state index contributed by atoms with van der Waals surface area (Å²) in [5.74, 6) is 0.947. The van der Waals surface area contributed by atoms with Gasteiger partial charge in [-0.25, -0.2) is 5.48 Å². The average molecular weight is 294 g/mol. The van der Waals surface area contributed by atoms with Crippen molar-refractivity contribution in [2.75, 3.05) is 0 Å². The molecule has 1 unspecified atom stereocenters. The highest BCUT2D eigenvalue weighted by Crippen LogP contribution is 2.26. The van der Waals surface area contributed by atoms with Crippen LogP contribution in [0.1, 0.15) is 0 Å². The number of hydrogen-bond acceptors (Lipinski definition) is 5. The number of carbonyl (C=O) groups is 1. The van der Waals surface area contributed by atoms with Crippen LogP contribution in [0.5, 0.6) is 11.5 Å². The molecule has 0 aliphatic heterocycles. The summed E-state index contributed by atoms with van der Waals surface area (Å²) in [6.45, 7) is 0. The highest BCUT2D eigenvalue weighted by molar-refractivity contribution is 7.79. The minimum atomic E-state index is -2.29. The Kier molecular flexibility index (Phi) is 6.97. The zero-order chi connectivity index (χ0) is 14.8. The highest BCUT2D eigenvalue weighted by atomic mass is 32.2. The lowest BCUT2D eigenvalue weighted by Gasteiger charge is -2.12. The van der Waals surface area contributed by atoms with E-state index < -0.39 is 11.1 Å². The van der Waals surface area contributed by atoms with Crippen molar-refractivity contribution in [3.05, 3.63) is 54.6 Å². The molecule has 0 spiro atoms. The van der Waals surface area contributed by atoms with Crippen LogP contribution in [-0.4, -0.2) is 20.4 Å². The van der Waals surface area contributed by atoms with Crippen LogP contribution in [0.2, 0.25) is 0 Å². The zero-order valence-electron chi connectivity index (χ0n) is 10.3. The third-order valence-corrected chi connectivity index (χ3v) is 2.75. The van der Waals surface area contributed by atoms with Gasteiger partial charge in [0, 0.05) is 0 Å². The molecule has 106 valence electrons. The maximum Gasteiger partial charge on any atom is 0.230 e. The molecule has 0 bridgehead atoms. The van der Waals surface area contributed by atoms with Crippen molar-refractivity contribution in [3.63, 3.8) is 0 Å². The van der Waals surface area contributed by atoms with E-state index in [4.69, 9.17) is 14.7 Å².